The monoisotopic (exact) mass is 465 g/mol. The number of hydrogen-bond donors (Lipinski definition) is 1. The van der Waals surface area contributed by atoms with Crippen LogP contribution in [0.1, 0.15) is 34.2 Å². The van der Waals surface area contributed by atoms with Gasteiger partial charge in [0.15, 0.2) is 5.78 Å². The lowest BCUT2D eigenvalue weighted by atomic mass is 9.84. The maximum atomic E-state index is 13.3. The molecule has 1 fully saturated rings. The molecule has 2 aromatic heterocycles. The molecule has 1 unspecified atom stereocenters. The molecule has 1 aliphatic heterocycles. The molecule has 7 nitrogen and oxygen atoms in total. The zero-order valence-corrected chi connectivity index (χ0v) is 19.4. The van der Waals surface area contributed by atoms with Gasteiger partial charge in [0.25, 0.3) is 0 Å². The van der Waals surface area contributed by atoms with Gasteiger partial charge in [-0.05, 0) is 36.4 Å². The molecule has 7 heteroatoms. The largest absolute Gasteiger partial charge is 0.469 e. The minimum Gasteiger partial charge on any atom is -0.469 e. The quantitative estimate of drug-likeness (QED) is 0.442. The Kier molecular flexibility index (Phi) is 5.66. The predicted molar refractivity (Wildman–Crippen MR) is 137 cm³/mol. The topological polar surface area (TPSA) is 74.5 Å². The zero-order chi connectivity index (χ0) is 23.6. The van der Waals surface area contributed by atoms with Gasteiger partial charge in [0.05, 0.1) is 17.5 Å². The smallest absolute Gasteiger partial charge is 0.227 e. The average molecular weight is 466 g/mol. The van der Waals surface area contributed by atoms with Crippen LogP contribution < -0.4 is 15.1 Å². The predicted octanol–water partition coefficient (Wildman–Crippen LogP) is 5.05. The summed E-state index contributed by atoms with van der Waals surface area (Å²) in [5.74, 6) is 2.13. The minimum atomic E-state index is -0.00717. The molecule has 1 saturated heterocycles. The van der Waals surface area contributed by atoms with Gasteiger partial charge in [-0.2, -0.15) is 4.98 Å². The molecule has 0 spiro atoms. The van der Waals surface area contributed by atoms with Crippen molar-refractivity contribution in [2.75, 3.05) is 41.3 Å². The lowest BCUT2D eigenvalue weighted by Gasteiger charge is -2.36. The summed E-state index contributed by atoms with van der Waals surface area (Å²) in [6.07, 6.45) is 2.70. The van der Waals surface area contributed by atoms with E-state index in [1.807, 2.05) is 48.5 Å². The van der Waals surface area contributed by atoms with Crippen molar-refractivity contribution in [3.05, 3.63) is 96.1 Å². The number of aromatic nitrogens is 2. The molecule has 1 aliphatic carbocycles. The normalized spacial score (nSPS) is 17.8. The summed E-state index contributed by atoms with van der Waals surface area (Å²) in [5.41, 5.74) is 3.52. The number of fused-ring (bicyclic) bond motifs is 1. The van der Waals surface area contributed by atoms with Gasteiger partial charge in [0, 0.05) is 56.3 Å². The summed E-state index contributed by atoms with van der Waals surface area (Å²) < 4.78 is 5.64. The third-order valence-electron chi connectivity index (χ3n) is 6.79. The van der Waals surface area contributed by atoms with Crippen LogP contribution in [0.25, 0.3) is 0 Å². The van der Waals surface area contributed by atoms with E-state index in [1.165, 1.54) is 5.69 Å². The minimum absolute atomic E-state index is 0.00717. The second kappa shape index (κ2) is 9.25. The van der Waals surface area contributed by atoms with E-state index in [1.54, 1.807) is 6.26 Å². The Labute approximate surface area is 204 Å². The first-order valence-corrected chi connectivity index (χ1v) is 12.1. The number of nitrogens with one attached hydrogen (secondary N) is 1. The molecule has 0 saturated carbocycles. The Hall–Kier alpha value is -4.13. The summed E-state index contributed by atoms with van der Waals surface area (Å²) in [6.45, 7) is 3.40. The number of anilines is 4. The van der Waals surface area contributed by atoms with Crippen LogP contribution >= 0.6 is 0 Å². The van der Waals surface area contributed by atoms with Gasteiger partial charge in [-0.3, -0.25) is 4.79 Å². The lowest BCUT2D eigenvalue weighted by Crippen LogP contribution is -2.47. The molecule has 6 rings (SSSR count). The van der Waals surface area contributed by atoms with Crippen molar-refractivity contribution in [3.8, 4) is 0 Å². The van der Waals surface area contributed by atoms with Crippen LogP contribution in [-0.4, -0.2) is 41.9 Å². The fourth-order valence-corrected chi connectivity index (χ4v) is 4.98. The molecule has 0 amide bonds. The number of carbonyl (C=O) groups is 1. The number of carbonyl (C=O) groups excluding carboxylic acids is 1. The summed E-state index contributed by atoms with van der Waals surface area (Å²) in [6, 6.07) is 24.1. The number of Topliss-reactive ketones (excluding diaryl/α,β-unsaturated/α-hetero) is 1. The first-order chi connectivity index (χ1) is 17.2. The fraction of sp³-hybridized carbons (Fsp3) is 0.250. The van der Waals surface area contributed by atoms with Gasteiger partial charge < -0.3 is 19.5 Å². The number of furan rings is 1. The SMILES string of the molecule is O=C1CC(c2ccco2)Cc2nc(N3CCN(c4ccccc4)CC3)nc(Nc3ccccc3)c21. The van der Waals surface area contributed by atoms with Crippen LogP contribution in [0, 0.1) is 0 Å². The van der Waals surface area contributed by atoms with Crippen molar-refractivity contribution in [2.24, 2.45) is 0 Å². The van der Waals surface area contributed by atoms with Crippen molar-refractivity contribution < 1.29 is 9.21 Å². The van der Waals surface area contributed by atoms with Crippen LogP contribution in [0.15, 0.2) is 83.5 Å². The Balaban J connectivity index is 1.32. The molecule has 3 heterocycles. The number of benzene rings is 2. The lowest BCUT2D eigenvalue weighted by molar-refractivity contribution is 0.0959. The van der Waals surface area contributed by atoms with E-state index in [4.69, 9.17) is 14.4 Å². The van der Waals surface area contributed by atoms with Crippen LogP contribution in [0.2, 0.25) is 0 Å². The summed E-state index contributed by atoms with van der Waals surface area (Å²) in [5, 5.41) is 3.39. The van der Waals surface area contributed by atoms with Gasteiger partial charge in [0.1, 0.15) is 11.6 Å². The Morgan fingerprint density at radius 1 is 0.800 bits per heavy atom. The maximum absolute atomic E-state index is 13.3. The Bertz CT molecular complexity index is 1300. The fourth-order valence-electron chi connectivity index (χ4n) is 4.98. The van der Waals surface area contributed by atoms with E-state index >= 15 is 0 Å². The molecule has 0 bridgehead atoms. The standard InChI is InChI=1S/C28H27N5O2/c34-24-19-20(25-12-7-17-35-25)18-23-26(24)27(29-21-8-3-1-4-9-21)31-28(30-23)33-15-13-32(14-16-33)22-10-5-2-6-11-22/h1-12,17,20H,13-16,18-19H2,(H,29,30,31). The van der Waals surface area contributed by atoms with Gasteiger partial charge >= 0.3 is 0 Å². The highest BCUT2D eigenvalue weighted by molar-refractivity contribution is 6.03. The molecule has 2 aromatic carbocycles. The van der Waals surface area contributed by atoms with E-state index in [0.29, 0.717) is 30.2 Å². The van der Waals surface area contributed by atoms with Gasteiger partial charge in [0.2, 0.25) is 5.95 Å². The highest BCUT2D eigenvalue weighted by Crippen LogP contribution is 2.36. The van der Waals surface area contributed by atoms with Crippen LogP contribution in [-0.2, 0) is 6.42 Å². The summed E-state index contributed by atoms with van der Waals surface area (Å²) in [7, 11) is 0. The van der Waals surface area contributed by atoms with Gasteiger partial charge in [-0.15, -0.1) is 0 Å². The first kappa shape index (κ1) is 21.4. The molecule has 1 N–H and O–H groups in total. The third kappa shape index (κ3) is 4.37. The number of nitrogens with zero attached hydrogens (tertiary/aromatic N) is 4. The zero-order valence-electron chi connectivity index (χ0n) is 19.4. The molecular weight excluding hydrogens is 438 g/mol. The second-order valence-corrected chi connectivity index (χ2v) is 9.04. The van der Waals surface area contributed by atoms with E-state index in [0.717, 1.165) is 43.3 Å². The molecule has 0 radical (unpaired) electrons. The van der Waals surface area contributed by atoms with E-state index < -0.39 is 0 Å². The first-order valence-electron chi connectivity index (χ1n) is 12.1. The molecular formula is C28H27N5O2. The highest BCUT2D eigenvalue weighted by Gasteiger charge is 2.33. The molecule has 2 aliphatic rings. The molecule has 4 aromatic rings. The number of para-hydroxylation sites is 2. The van der Waals surface area contributed by atoms with Crippen LogP contribution in [0.3, 0.4) is 0 Å². The summed E-state index contributed by atoms with van der Waals surface area (Å²) in [4.78, 5) is 27.7. The maximum Gasteiger partial charge on any atom is 0.227 e. The van der Waals surface area contributed by atoms with Crippen molar-refractivity contribution in [1.29, 1.82) is 0 Å². The Morgan fingerprint density at radius 2 is 1.51 bits per heavy atom. The number of hydrogen-bond acceptors (Lipinski definition) is 7. The van der Waals surface area contributed by atoms with Crippen molar-refractivity contribution >= 4 is 28.9 Å². The molecule has 176 valence electrons. The number of rotatable bonds is 5. The number of piperazine rings is 1. The van der Waals surface area contributed by atoms with Gasteiger partial charge in [-0.25, -0.2) is 4.98 Å². The van der Waals surface area contributed by atoms with Gasteiger partial charge in [-0.1, -0.05) is 36.4 Å². The average Bonchev–Trinajstić information content (AvgIpc) is 3.45. The van der Waals surface area contributed by atoms with Crippen LogP contribution in [0.4, 0.5) is 23.1 Å². The third-order valence-corrected chi connectivity index (χ3v) is 6.79. The highest BCUT2D eigenvalue weighted by atomic mass is 16.3. The van der Waals surface area contributed by atoms with Crippen LogP contribution in [0.5, 0.6) is 0 Å². The molecule has 1 atom stereocenters. The Morgan fingerprint density at radius 3 is 2.23 bits per heavy atom. The summed E-state index contributed by atoms with van der Waals surface area (Å²) >= 11 is 0. The van der Waals surface area contributed by atoms with E-state index in [-0.39, 0.29) is 11.7 Å². The van der Waals surface area contributed by atoms with E-state index in [9.17, 15) is 4.79 Å². The molecule has 35 heavy (non-hydrogen) atoms. The van der Waals surface area contributed by atoms with Crippen molar-refractivity contribution in [3.63, 3.8) is 0 Å². The van der Waals surface area contributed by atoms with Crippen molar-refractivity contribution in [1.82, 2.24) is 9.97 Å². The van der Waals surface area contributed by atoms with Crippen molar-refractivity contribution in [2.45, 2.75) is 18.8 Å². The van der Waals surface area contributed by atoms with E-state index in [2.05, 4.69) is 39.4 Å². The number of ketones is 1. The second-order valence-electron chi connectivity index (χ2n) is 9.04.